The zero-order chi connectivity index (χ0) is 12.5. The fourth-order valence-electron chi connectivity index (χ4n) is 1.43. The molecular weight excluding hydrogens is 233 g/mol. The van der Waals surface area contributed by atoms with Crippen LogP contribution < -0.4 is 0 Å². The van der Waals surface area contributed by atoms with Gasteiger partial charge in [0.1, 0.15) is 5.76 Å². The molecule has 0 amide bonds. The number of halogens is 3. The number of alkyl halides is 3. The van der Waals surface area contributed by atoms with E-state index in [0.29, 0.717) is 16.9 Å². The average Bonchev–Trinajstić information content (AvgIpc) is 2.76. The molecule has 90 valence electrons. The van der Waals surface area contributed by atoms with Crippen molar-refractivity contribution in [1.29, 1.82) is 0 Å². The van der Waals surface area contributed by atoms with Crippen LogP contribution in [-0.2, 0) is 12.8 Å². The Morgan fingerprint density at radius 3 is 2.24 bits per heavy atom. The maximum absolute atomic E-state index is 12.3. The molecule has 0 aliphatic rings. The number of benzene rings is 1. The van der Waals surface area contributed by atoms with Gasteiger partial charge in [0.15, 0.2) is 0 Å². The van der Waals surface area contributed by atoms with E-state index < -0.39 is 11.7 Å². The molecule has 0 unspecified atom stereocenters. The lowest BCUT2D eigenvalue weighted by atomic mass is 10.1. The predicted octanol–water partition coefficient (Wildman–Crippen LogP) is 3.46. The summed E-state index contributed by atoms with van der Waals surface area (Å²) in [6.45, 7) is -0.163. The van der Waals surface area contributed by atoms with Crippen molar-refractivity contribution in [3.05, 3.63) is 47.7 Å². The molecule has 0 fully saturated rings. The number of furan rings is 1. The lowest BCUT2D eigenvalue weighted by Crippen LogP contribution is -2.03. The highest BCUT2D eigenvalue weighted by atomic mass is 19.4. The Hall–Kier alpha value is -1.75. The third kappa shape index (κ3) is 2.50. The quantitative estimate of drug-likeness (QED) is 0.874. The highest BCUT2D eigenvalue weighted by Crippen LogP contribution is 2.31. The topological polar surface area (TPSA) is 33.4 Å². The summed E-state index contributed by atoms with van der Waals surface area (Å²) in [5.41, 5.74) is 0.424. The van der Waals surface area contributed by atoms with E-state index in [9.17, 15) is 13.2 Å². The Morgan fingerprint density at radius 2 is 1.76 bits per heavy atom. The van der Waals surface area contributed by atoms with Crippen LogP contribution >= 0.6 is 0 Å². The summed E-state index contributed by atoms with van der Waals surface area (Å²) < 4.78 is 42.1. The fraction of sp³-hybridized carbons (Fsp3) is 0.167. The smallest absolute Gasteiger partial charge is 0.416 e. The van der Waals surface area contributed by atoms with Crippen molar-refractivity contribution in [3.63, 3.8) is 0 Å². The molecule has 0 atom stereocenters. The fourth-order valence-corrected chi connectivity index (χ4v) is 1.43. The largest absolute Gasteiger partial charge is 0.464 e. The lowest BCUT2D eigenvalue weighted by Gasteiger charge is -2.06. The van der Waals surface area contributed by atoms with Gasteiger partial charge in [-0.05, 0) is 18.2 Å². The highest BCUT2D eigenvalue weighted by molar-refractivity contribution is 5.58. The van der Waals surface area contributed by atoms with Crippen molar-refractivity contribution in [2.75, 3.05) is 0 Å². The van der Waals surface area contributed by atoms with Crippen LogP contribution in [0.15, 0.2) is 41.0 Å². The Labute approximate surface area is 95.3 Å². The van der Waals surface area contributed by atoms with E-state index >= 15 is 0 Å². The van der Waals surface area contributed by atoms with Crippen molar-refractivity contribution in [3.8, 4) is 11.3 Å². The van der Waals surface area contributed by atoms with E-state index in [2.05, 4.69) is 0 Å². The highest BCUT2D eigenvalue weighted by Gasteiger charge is 2.30. The maximum Gasteiger partial charge on any atom is 0.416 e. The summed E-state index contributed by atoms with van der Waals surface area (Å²) in [6, 6.07) is 6.25. The first-order valence-corrected chi connectivity index (χ1v) is 4.86. The summed E-state index contributed by atoms with van der Waals surface area (Å²) in [6.07, 6.45) is -2.97. The number of aliphatic hydroxyl groups is 1. The SMILES string of the molecule is OCc1coc(-c2ccc(C(F)(F)F)cc2)c1. The minimum absolute atomic E-state index is 0.163. The Bertz CT molecular complexity index is 497. The van der Waals surface area contributed by atoms with E-state index in [0.717, 1.165) is 12.1 Å². The monoisotopic (exact) mass is 242 g/mol. The molecule has 0 aliphatic carbocycles. The van der Waals surface area contributed by atoms with Gasteiger partial charge >= 0.3 is 6.18 Å². The first-order valence-electron chi connectivity index (χ1n) is 4.86. The normalized spacial score (nSPS) is 11.8. The molecule has 5 heteroatoms. The van der Waals surface area contributed by atoms with Crippen molar-refractivity contribution >= 4 is 0 Å². The van der Waals surface area contributed by atoms with Crippen molar-refractivity contribution in [2.45, 2.75) is 12.8 Å². The molecule has 1 heterocycles. The standard InChI is InChI=1S/C12H9F3O2/c13-12(14,15)10-3-1-9(2-4-10)11-5-8(6-16)7-17-11/h1-5,7,16H,6H2. The van der Waals surface area contributed by atoms with E-state index in [-0.39, 0.29) is 6.61 Å². The molecule has 2 rings (SSSR count). The molecule has 0 saturated carbocycles. The Morgan fingerprint density at radius 1 is 1.12 bits per heavy atom. The summed E-state index contributed by atoms with van der Waals surface area (Å²) in [5, 5.41) is 8.84. The molecular formula is C12H9F3O2. The lowest BCUT2D eigenvalue weighted by molar-refractivity contribution is -0.137. The second-order valence-electron chi connectivity index (χ2n) is 3.55. The molecule has 2 nitrogen and oxygen atoms in total. The van der Waals surface area contributed by atoms with E-state index in [1.807, 2.05) is 0 Å². The van der Waals surface area contributed by atoms with Crippen LogP contribution in [0.3, 0.4) is 0 Å². The van der Waals surface area contributed by atoms with Gasteiger partial charge in [-0.25, -0.2) is 0 Å². The zero-order valence-electron chi connectivity index (χ0n) is 8.66. The van der Waals surface area contributed by atoms with Gasteiger partial charge in [-0.1, -0.05) is 12.1 Å². The third-order valence-electron chi connectivity index (χ3n) is 2.33. The van der Waals surface area contributed by atoms with Crippen LogP contribution in [0, 0.1) is 0 Å². The number of hydrogen-bond acceptors (Lipinski definition) is 2. The van der Waals surface area contributed by atoms with E-state index in [1.165, 1.54) is 18.4 Å². The van der Waals surface area contributed by atoms with E-state index in [1.54, 1.807) is 6.07 Å². The van der Waals surface area contributed by atoms with Crippen molar-refractivity contribution < 1.29 is 22.7 Å². The number of hydrogen-bond donors (Lipinski definition) is 1. The molecule has 2 aromatic rings. The predicted molar refractivity (Wildman–Crippen MR) is 55.1 cm³/mol. The van der Waals surface area contributed by atoms with Crippen molar-refractivity contribution in [1.82, 2.24) is 0 Å². The second-order valence-corrected chi connectivity index (χ2v) is 3.55. The summed E-state index contributed by atoms with van der Waals surface area (Å²) in [4.78, 5) is 0. The van der Waals surface area contributed by atoms with Crippen LogP contribution in [0.4, 0.5) is 13.2 Å². The molecule has 0 saturated heterocycles. The first-order chi connectivity index (χ1) is 8.00. The zero-order valence-corrected chi connectivity index (χ0v) is 8.66. The van der Waals surface area contributed by atoms with E-state index in [4.69, 9.17) is 9.52 Å². The van der Waals surface area contributed by atoms with Crippen molar-refractivity contribution in [2.24, 2.45) is 0 Å². The van der Waals surface area contributed by atoms with Gasteiger partial charge in [0.2, 0.25) is 0 Å². The summed E-state index contributed by atoms with van der Waals surface area (Å²) in [5.74, 6) is 0.433. The molecule has 0 spiro atoms. The average molecular weight is 242 g/mol. The number of aliphatic hydroxyl groups excluding tert-OH is 1. The van der Waals surface area contributed by atoms with Gasteiger partial charge in [-0.15, -0.1) is 0 Å². The first kappa shape index (κ1) is 11.7. The van der Waals surface area contributed by atoms with Crippen LogP contribution in [0.5, 0.6) is 0 Å². The van der Waals surface area contributed by atoms with Crippen LogP contribution in [0.25, 0.3) is 11.3 Å². The molecule has 0 radical (unpaired) electrons. The molecule has 1 aromatic heterocycles. The van der Waals surface area contributed by atoms with Crippen LogP contribution in [-0.4, -0.2) is 5.11 Å². The van der Waals surface area contributed by atoms with Gasteiger partial charge in [0, 0.05) is 11.1 Å². The minimum atomic E-state index is -4.34. The summed E-state index contributed by atoms with van der Waals surface area (Å²) in [7, 11) is 0. The molecule has 17 heavy (non-hydrogen) atoms. The molecule has 0 aliphatic heterocycles. The van der Waals surface area contributed by atoms with Gasteiger partial charge in [0.25, 0.3) is 0 Å². The summed E-state index contributed by atoms with van der Waals surface area (Å²) >= 11 is 0. The van der Waals surface area contributed by atoms with Gasteiger partial charge in [-0.3, -0.25) is 0 Å². The van der Waals surface area contributed by atoms with Gasteiger partial charge in [0.05, 0.1) is 18.4 Å². The Kier molecular flexibility index (Phi) is 2.93. The minimum Gasteiger partial charge on any atom is -0.464 e. The van der Waals surface area contributed by atoms with Gasteiger partial charge < -0.3 is 9.52 Å². The van der Waals surface area contributed by atoms with Crippen LogP contribution in [0.2, 0.25) is 0 Å². The Balaban J connectivity index is 2.29. The molecule has 1 N–H and O–H groups in total. The maximum atomic E-state index is 12.3. The molecule has 0 bridgehead atoms. The molecule has 1 aromatic carbocycles. The van der Waals surface area contributed by atoms with Gasteiger partial charge in [-0.2, -0.15) is 13.2 Å². The van der Waals surface area contributed by atoms with Crippen LogP contribution in [0.1, 0.15) is 11.1 Å². The second kappa shape index (κ2) is 4.25. The third-order valence-corrected chi connectivity index (χ3v) is 2.33. The number of rotatable bonds is 2.